The molecule has 158 valence electrons. The van der Waals surface area contributed by atoms with Crippen LogP contribution in [0.4, 0.5) is 14.9 Å². The number of pyridine rings is 1. The zero-order chi connectivity index (χ0) is 21.8. The van der Waals surface area contributed by atoms with Crippen LogP contribution in [0.15, 0.2) is 60.8 Å². The lowest BCUT2D eigenvalue weighted by Gasteiger charge is -2.11. The van der Waals surface area contributed by atoms with Gasteiger partial charge in [-0.2, -0.15) is 0 Å². The van der Waals surface area contributed by atoms with Gasteiger partial charge in [0.15, 0.2) is 5.65 Å². The van der Waals surface area contributed by atoms with Crippen molar-refractivity contribution in [1.29, 1.82) is 0 Å². The van der Waals surface area contributed by atoms with Crippen LogP contribution in [0, 0.1) is 19.7 Å². The first kappa shape index (κ1) is 20.5. The highest BCUT2D eigenvalue weighted by Crippen LogP contribution is 2.17. The number of aromatic nitrogens is 3. The van der Waals surface area contributed by atoms with Gasteiger partial charge in [-0.15, -0.1) is 0 Å². The molecule has 7 heteroatoms. The number of hydrogen-bond acceptors (Lipinski definition) is 3. The molecule has 0 unspecified atom stereocenters. The van der Waals surface area contributed by atoms with Crippen LogP contribution in [0.2, 0.25) is 0 Å². The molecule has 0 radical (unpaired) electrons. The van der Waals surface area contributed by atoms with Gasteiger partial charge in [0, 0.05) is 24.8 Å². The van der Waals surface area contributed by atoms with E-state index in [0.717, 1.165) is 22.6 Å². The molecular formula is C24H24FN5O. The smallest absolute Gasteiger partial charge is 0.319 e. The number of urea groups is 1. The summed E-state index contributed by atoms with van der Waals surface area (Å²) in [5.41, 5.74) is 4.95. The van der Waals surface area contributed by atoms with Gasteiger partial charge in [-0.1, -0.05) is 35.9 Å². The summed E-state index contributed by atoms with van der Waals surface area (Å²) in [7, 11) is 0. The molecule has 31 heavy (non-hydrogen) atoms. The molecule has 0 saturated carbocycles. The third-order valence-electron chi connectivity index (χ3n) is 5.11. The molecule has 2 heterocycles. The first-order valence-electron chi connectivity index (χ1n) is 10.2. The molecule has 0 bridgehead atoms. The zero-order valence-electron chi connectivity index (χ0n) is 17.5. The quantitative estimate of drug-likeness (QED) is 0.482. The fraction of sp³-hybridized carbons (Fsp3) is 0.208. The number of carbonyl (C=O) groups excluding carboxylic acids is 1. The fourth-order valence-electron chi connectivity index (χ4n) is 3.37. The monoisotopic (exact) mass is 417 g/mol. The lowest BCUT2D eigenvalue weighted by atomic mass is 10.1. The Morgan fingerprint density at radius 1 is 1.10 bits per heavy atom. The molecule has 0 saturated heterocycles. The van der Waals surface area contributed by atoms with E-state index in [1.807, 2.05) is 12.1 Å². The van der Waals surface area contributed by atoms with Gasteiger partial charge in [-0.25, -0.2) is 19.2 Å². The highest BCUT2D eigenvalue weighted by Gasteiger charge is 2.13. The van der Waals surface area contributed by atoms with Crippen molar-refractivity contribution < 1.29 is 9.18 Å². The van der Waals surface area contributed by atoms with E-state index < -0.39 is 0 Å². The molecule has 0 spiro atoms. The molecule has 2 aromatic heterocycles. The summed E-state index contributed by atoms with van der Waals surface area (Å²) in [6.45, 7) is 4.77. The predicted octanol–water partition coefficient (Wildman–Crippen LogP) is 4.60. The molecule has 2 amide bonds. The third kappa shape index (κ3) is 4.88. The van der Waals surface area contributed by atoms with Crippen LogP contribution in [-0.4, -0.2) is 27.1 Å². The van der Waals surface area contributed by atoms with Crippen molar-refractivity contribution in [2.45, 2.75) is 26.8 Å². The number of nitrogens with one attached hydrogen (secondary N) is 2. The fourth-order valence-corrected chi connectivity index (χ4v) is 3.37. The van der Waals surface area contributed by atoms with Gasteiger partial charge in [0.1, 0.15) is 17.2 Å². The first-order chi connectivity index (χ1) is 15.0. The topological polar surface area (TPSA) is 71.8 Å². The Labute approximate surface area is 180 Å². The van der Waals surface area contributed by atoms with E-state index in [2.05, 4.69) is 51.4 Å². The Kier molecular flexibility index (Phi) is 5.93. The Balaban J connectivity index is 1.44. The summed E-state index contributed by atoms with van der Waals surface area (Å²) < 4.78 is 15.7. The number of carbonyl (C=O) groups is 1. The average molecular weight is 417 g/mol. The zero-order valence-corrected chi connectivity index (χ0v) is 17.5. The second-order valence-corrected chi connectivity index (χ2v) is 7.54. The SMILES string of the molecule is Cc1ccc(Cn2c(CCNC(=O)Nc3ccc(C)c(F)c3)nc3cccnc32)cc1. The molecule has 2 N–H and O–H groups in total. The molecule has 4 aromatic rings. The van der Waals surface area contributed by atoms with Crippen molar-refractivity contribution >= 4 is 22.9 Å². The number of aryl methyl sites for hydroxylation is 2. The molecule has 4 rings (SSSR count). The van der Waals surface area contributed by atoms with Gasteiger partial charge in [-0.3, -0.25) is 0 Å². The maximum atomic E-state index is 13.7. The normalized spacial score (nSPS) is 10.9. The van der Waals surface area contributed by atoms with Crippen molar-refractivity contribution in [3.8, 4) is 0 Å². The highest BCUT2D eigenvalue weighted by molar-refractivity contribution is 5.89. The van der Waals surface area contributed by atoms with E-state index in [4.69, 9.17) is 4.98 Å². The summed E-state index contributed by atoms with van der Waals surface area (Å²) >= 11 is 0. The van der Waals surface area contributed by atoms with Gasteiger partial charge in [0.05, 0.1) is 6.54 Å². The minimum absolute atomic E-state index is 0.352. The van der Waals surface area contributed by atoms with Crippen molar-refractivity contribution in [2.24, 2.45) is 0 Å². The van der Waals surface area contributed by atoms with E-state index in [9.17, 15) is 9.18 Å². The second-order valence-electron chi connectivity index (χ2n) is 7.54. The van der Waals surface area contributed by atoms with Crippen LogP contribution < -0.4 is 10.6 Å². The average Bonchev–Trinajstić information content (AvgIpc) is 3.10. The Morgan fingerprint density at radius 2 is 1.90 bits per heavy atom. The maximum absolute atomic E-state index is 13.7. The highest BCUT2D eigenvalue weighted by atomic mass is 19.1. The minimum Gasteiger partial charge on any atom is -0.337 e. The van der Waals surface area contributed by atoms with E-state index in [1.165, 1.54) is 11.6 Å². The van der Waals surface area contributed by atoms with Gasteiger partial charge < -0.3 is 15.2 Å². The van der Waals surface area contributed by atoms with E-state index in [1.54, 1.807) is 25.3 Å². The van der Waals surface area contributed by atoms with Crippen LogP contribution in [-0.2, 0) is 13.0 Å². The summed E-state index contributed by atoms with van der Waals surface area (Å²) in [5.74, 6) is 0.492. The Bertz CT molecular complexity index is 1220. The number of nitrogens with zero attached hydrogens (tertiary/aromatic N) is 3. The summed E-state index contributed by atoms with van der Waals surface area (Å²) in [4.78, 5) is 21.4. The maximum Gasteiger partial charge on any atom is 0.319 e. The Hall–Kier alpha value is -3.74. The number of halogens is 1. The molecule has 2 aromatic carbocycles. The van der Waals surface area contributed by atoms with Crippen molar-refractivity contribution in [3.63, 3.8) is 0 Å². The number of imidazole rings is 1. The molecule has 0 fully saturated rings. The Morgan fingerprint density at radius 3 is 2.68 bits per heavy atom. The lowest BCUT2D eigenvalue weighted by molar-refractivity contribution is 0.252. The molecule has 0 atom stereocenters. The molecule has 0 aliphatic heterocycles. The summed E-state index contributed by atoms with van der Waals surface area (Å²) in [5, 5.41) is 5.46. The largest absolute Gasteiger partial charge is 0.337 e. The number of anilines is 1. The second kappa shape index (κ2) is 8.95. The number of hydrogen-bond donors (Lipinski definition) is 2. The van der Waals surface area contributed by atoms with Crippen LogP contribution >= 0.6 is 0 Å². The number of fused-ring (bicyclic) bond motifs is 1. The lowest BCUT2D eigenvalue weighted by Crippen LogP contribution is -2.31. The number of rotatable bonds is 6. The van der Waals surface area contributed by atoms with Gasteiger partial charge in [0.25, 0.3) is 0 Å². The first-order valence-corrected chi connectivity index (χ1v) is 10.2. The standard InChI is InChI=1S/C24H24FN5O/c1-16-5-8-18(9-6-16)15-30-22(29-21-4-3-12-26-23(21)30)11-13-27-24(31)28-19-10-7-17(2)20(25)14-19/h3-10,12,14H,11,13,15H2,1-2H3,(H2,27,28,31). The third-order valence-corrected chi connectivity index (χ3v) is 5.11. The van der Waals surface area contributed by atoms with E-state index in [-0.39, 0.29) is 11.8 Å². The van der Waals surface area contributed by atoms with Crippen LogP contribution in [0.3, 0.4) is 0 Å². The van der Waals surface area contributed by atoms with Gasteiger partial charge in [0.2, 0.25) is 0 Å². The van der Waals surface area contributed by atoms with Crippen LogP contribution in [0.1, 0.15) is 22.5 Å². The summed E-state index contributed by atoms with van der Waals surface area (Å²) in [6.07, 6.45) is 2.30. The van der Waals surface area contributed by atoms with Gasteiger partial charge >= 0.3 is 6.03 Å². The molecule has 0 aliphatic rings. The van der Waals surface area contributed by atoms with Crippen molar-refractivity contribution in [1.82, 2.24) is 19.9 Å². The van der Waals surface area contributed by atoms with Crippen molar-refractivity contribution in [2.75, 3.05) is 11.9 Å². The summed E-state index contributed by atoms with van der Waals surface area (Å²) in [6, 6.07) is 16.4. The number of amides is 2. The molecule has 0 aliphatic carbocycles. The van der Waals surface area contributed by atoms with Crippen molar-refractivity contribution in [3.05, 3.63) is 89.1 Å². The van der Waals surface area contributed by atoms with Crippen LogP contribution in [0.25, 0.3) is 11.2 Å². The predicted molar refractivity (Wildman–Crippen MR) is 120 cm³/mol. The number of benzene rings is 2. The molecule has 6 nitrogen and oxygen atoms in total. The van der Waals surface area contributed by atoms with E-state index >= 15 is 0 Å². The van der Waals surface area contributed by atoms with Crippen LogP contribution in [0.5, 0.6) is 0 Å². The van der Waals surface area contributed by atoms with E-state index in [0.29, 0.717) is 30.8 Å². The van der Waals surface area contributed by atoms with Gasteiger partial charge in [-0.05, 0) is 49.2 Å². The molecular weight excluding hydrogens is 393 g/mol. The minimum atomic E-state index is -0.387.